The number of carbonyl (C=O) groups is 2. The van der Waals surface area contributed by atoms with E-state index in [0.717, 1.165) is 19.6 Å². The van der Waals surface area contributed by atoms with Crippen LogP contribution in [0.3, 0.4) is 0 Å². The number of likely N-dealkylation sites (N-methyl/N-ethyl adjacent to an activating group) is 1. The van der Waals surface area contributed by atoms with Gasteiger partial charge in [-0.2, -0.15) is 0 Å². The Labute approximate surface area is 95.2 Å². The molecule has 0 saturated carbocycles. The number of carboxylic acids is 1. The number of piperazine rings is 1. The van der Waals surface area contributed by atoms with Crippen molar-refractivity contribution in [3.05, 3.63) is 0 Å². The second-order valence-corrected chi connectivity index (χ2v) is 3.93. The van der Waals surface area contributed by atoms with Gasteiger partial charge >= 0.3 is 12.0 Å². The number of rotatable bonds is 3. The molecule has 1 rings (SSSR count). The van der Waals surface area contributed by atoms with Crippen LogP contribution >= 0.6 is 0 Å². The van der Waals surface area contributed by atoms with Gasteiger partial charge < -0.3 is 20.2 Å². The Morgan fingerprint density at radius 3 is 2.31 bits per heavy atom. The molecule has 0 aromatic carbocycles. The van der Waals surface area contributed by atoms with Crippen molar-refractivity contribution in [2.24, 2.45) is 0 Å². The highest BCUT2D eigenvalue weighted by Gasteiger charge is 2.22. The average molecular weight is 229 g/mol. The van der Waals surface area contributed by atoms with Gasteiger partial charge in [-0.15, -0.1) is 0 Å². The van der Waals surface area contributed by atoms with Crippen LogP contribution in [0.4, 0.5) is 4.79 Å². The third-order valence-electron chi connectivity index (χ3n) is 2.82. The molecule has 0 radical (unpaired) electrons. The first-order chi connectivity index (χ1) is 7.54. The van der Waals surface area contributed by atoms with E-state index < -0.39 is 12.0 Å². The molecule has 1 atom stereocenters. The van der Waals surface area contributed by atoms with Crippen LogP contribution < -0.4 is 5.32 Å². The lowest BCUT2D eigenvalue weighted by Gasteiger charge is -2.34. The lowest BCUT2D eigenvalue weighted by Crippen LogP contribution is -2.54. The number of hydrogen-bond acceptors (Lipinski definition) is 3. The maximum atomic E-state index is 11.6. The minimum absolute atomic E-state index is 0.286. The summed E-state index contributed by atoms with van der Waals surface area (Å²) in [4.78, 5) is 26.1. The van der Waals surface area contributed by atoms with Crippen LogP contribution in [-0.4, -0.2) is 65.7 Å². The number of nitrogens with one attached hydrogen (secondary N) is 1. The minimum Gasteiger partial charge on any atom is -0.480 e. The fourth-order valence-electron chi connectivity index (χ4n) is 1.61. The number of nitrogens with zero attached hydrogens (tertiary/aromatic N) is 2. The van der Waals surface area contributed by atoms with Crippen molar-refractivity contribution in [3.8, 4) is 0 Å². The molecule has 1 aliphatic rings. The van der Waals surface area contributed by atoms with Crippen LogP contribution in [0.25, 0.3) is 0 Å². The largest absolute Gasteiger partial charge is 0.480 e. The molecule has 0 aliphatic carbocycles. The van der Waals surface area contributed by atoms with Crippen LogP contribution in [0.1, 0.15) is 13.8 Å². The van der Waals surface area contributed by atoms with Crippen molar-refractivity contribution in [2.75, 3.05) is 32.7 Å². The van der Waals surface area contributed by atoms with E-state index in [9.17, 15) is 9.59 Å². The van der Waals surface area contributed by atoms with Crippen LogP contribution in [0.2, 0.25) is 0 Å². The Hall–Kier alpha value is -1.30. The molecule has 6 nitrogen and oxygen atoms in total. The summed E-state index contributed by atoms with van der Waals surface area (Å²) in [6.07, 6.45) is 0. The summed E-state index contributed by atoms with van der Waals surface area (Å²) < 4.78 is 0. The summed E-state index contributed by atoms with van der Waals surface area (Å²) in [6.45, 7) is 7.56. The molecule has 0 aromatic heterocycles. The summed E-state index contributed by atoms with van der Waals surface area (Å²) >= 11 is 0. The lowest BCUT2D eigenvalue weighted by atomic mass is 10.3. The molecule has 0 spiro atoms. The fraction of sp³-hybridized carbons (Fsp3) is 0.800. The van der Waals surface area contributed by atoms with Crippen molar-refractivity contribution in [2.45, 2.75) is 19.9 Å². The molecule has 92 valence electrons. The Morgan fingerprint density at radius 2 is 1.88 bits per heavy atom. The van der Waals surface area contributed by atoms with Gasteiger partial charge in [0, 0.05) is 26.2 Å². The van der Waals surface area contributed by atoms with Gasteiger partial charge in [-0.05, 0) is 13.5 Å². The van der Waals surface area contributed by atoms with Gasteiger partial charge in [0.05, 0.1) is 0 Å². The molecule has 1 aliphatic heterocycles. The standard InChI is InChI=1S/C10H19N3O3/c1-3-12-4-6-13(7-5-12)10(16)11-8(2)9(14)15/h8H,3-7H2,1-2H3,(H,11,16)(H,14,15)/t8-/m1/s1. The summed E-state index contributed by atoms with van der Waals surface area (Å²) in [6, 6.07) is -1.12. The molecule has 16 heavy (non-hydrogen) atoms. The van der Waals surface area contributed by atoms with E-state index in [0.29, 0.717) is 13.1 Å². The highest BCUT2D eigenvalue weighted by atomic mass is 16.4. The summed E-state index contributed by atoms with van der Waals surface area (Å²) in [5.74, 6) is -1.01. The monoisotopic (exact) mass is 229 g/mol. The molecule has 2 amide bonds. The van der Waals surface area contributed by atoms with Crippen LogP contribution in [-0.2, 0) is 4.79 Å². The van der Waals surface area contributed by atoms with Crippen molar-refractivity contribution in [3.63, 3.8) is 0 Å². The zero-order valence-electron chi connectivity index (χ0n) is 9.77. The van der Waals surface area contributed by atoms with Gasteiger partial charge in [0.25, 0.3) is 0 Å². The predicted molar refractivity (Wildman–Crippen MR) is 59.3 cm³/mol. The summed E-state index contributed by atoms with van der Waals surface area (Å²) in [5, 5.41) is 11.1. The van der Waals surface area contributed by atoms with Gasteiger partial charge in [-0.3, -0.25) is 4.79 Å². The Balaban J connectivity index is 2.36. The molecular weight excluding hydrogens is 210 g/mol. The maximum Gasteiger partial charge on any atom is 0.325 e. The molecule has 0 unspecified atom stereocenters. The van der Waals surface area contributed by atoms with E-state index in [2.05, 4.69) is 17.1 Å². The number of amides is 2. The van der Waals surface area contributed by atoms with Crippen molar-refractivity contribution >= 4 is 12.0 Å². The topological polar surface area (TPSA) is 72.9 Å². The van der Waals surface area contributed by atoms with Crippen molar-refractivity contribution < 1.29 is 14.7 Å². The normalized spacial score (nSPS) is 19.2. The first-order valence-electron chi connectivity index (χ1n) is 5.55. The van der Waals surface area contributed by atoms with Crippen LogP contribution in [0.15, 0.2) is 0 Å². The van der Waals surface area contributed by atoms with E-state index in [1.807, 2.05) is 0 Å². The molecule has 2 N–H and O–H groups in total. The minimum atomic E-state index is -1.01. The first kappa shape index (κ1) is 12.8. The average Bonchev–Trinajstić information content (AvgIpc) is 2.28. The zero-order valence-corrected chi connectivity index (χ0v) is 9.77. The Morgan fingerprint density at radius 1 is 1.31 bits per heavy atom. The SMILES string of the molecule is CCN1CCN(C(=O)N[C@H](C)C(=O)O)CC1. The van der Waals surface area contributed by atoms with Gasteiger partial charge in [-0.25, -0.2) is 4.79 Å². The van der Waals surface area contributed by atoms with E-state index in [1.165, 1.54) is 6.92 Å². The van der Waals surface area contributed by atoms with Crippen molar-refractivity contribution in [1.29, 1.82) is 0 Å². The zero-order chi connectivity index (χ0) is 12.1. The molecule has 0 bridgehead atoms. The predicted octanol–water partition coefficient (Wildman–Crippen LogP) is -0.193. The van der Waals surface area contributed by atoms with Crippen LogP contribution in [0.5, 0.6) is 0 Å². The molecule has 1 saturated heterocycles. The van der Waals surface area contributed by atoms with Gasteiger partial charge in [0.1, 0.15) is 6.04 Å². The Bertz CT molecular complexity index is 262. The van der Waals surface area contributed by atoms with E-state index in [4.69, 9.17) is 5.11 Å². The number of carbonyl (C=O) groups excluding carboxylic acids is 1. The third kappa shape index (κ3) is 3.37. The Kier molecular flexibility index (Phi) is 4.54. The highest BCUT2D eigenvalue weighted by molar-refractivity contribution is 5.82. The highest BCUT2D eigenvalue weighted by Crippen LogP contribution is 2.01. The number of hydrogen-bond donors (Lipinski definition) is 2. The fourth-order valence-corrected chi connectivity index (χ4v) is 1.61. The molecular formula is C10H19N3O3. The van der Waals surface area contributed by atoms with Crippen molar-refractivity contribution in [1.82, 2.24) is 15.1 Å². The number of aliphatic carboxylic acids is 1. The van der Waals surface area contributed by atoms with E-state index in [1.54, 1.807) is 4.90 Å². The molecule has 1 fully saturated rings. The second kappa shape index (κ2) is 5.69. The smallest absolute Gasteiger partial charge is 0.325 e. The molecule has 0 aromatic rings. The van der Waals surface area contributed by atoms with E-state index >= 15 is 0 Å². The third-order valence-corrected chi connectivity index (χ3v) is 2.82. The second-order valence-electron chi connectivity index (χ2n) is 3.93. The molecule has 6 heteroatoms. The van der Waals surface area contributed by atoms with E-state index in [-0.39, 0.29) is 6.03 Å². The van der Waals surface area contributed by atoms with Gasteiger partial charge in [0.15, 0.2) is 0 Å². The lowest BCUT2D eigenvalue weighted by molar-refractivity contribution is -0.138. The molecule has 1 heterocycles. The maximum absolute atomic E-state index is 11.6. The quantitative estimate of drug-likeness (QED) is 0.703. The summed E-state index contributed by atoms with van der Waals surface area (Å²) in [7, 11) is 0. The number of carboxylic acid groups (broad SMARTS) is 1. The van der Waals surface area contributed by atoms with Crippen LogP contribution in [0, 0.1) is 0 Å². The number of urea groups is 1. The van der Waals surface area contributed by atoms with Gasteiger partial charge in [0.2, 0.25) is 0 Å². The van der Waals surface area contributed by atoms with Gasteiger partial charge in [-0.1, -0.05) is 6.92 Å². The summed E-state index contributed by atoms with van der Waals surface area (Å²) in [5.41, 5.74) is 0. The first-order valence-corrected chi connectivity index (χ1v) is 5.55.